The van der Waals surface area contributed by atoms with Crippen LogP contribution in [0.15, 0.2) is 48.5 Å². The number of carbonyl (C=O) groups is 2. The third kappa shape index (κ3) is 6.98. The van der Waals surface area contributed by atoms with E-state index in [0.717, 1.165) is 41.8 Å². The zero-order valence-electron chi connectivity index (χ0n) is 22.1. The van der Waals surface area contributed by atoms with E-state index in [0.29, 0.717) is 36.8 Å². The molecule has 0 unspecified atom stereocenters. The van der Waals surface area contributed by atoms with Crippen LogP contribution in [0.5, 0.6) is 11.5 Å². The van der Waals surface area contributed by atoms with Crippen molar-refractivity contribution in [2.24, 2.45) is 0 Å². The van der Waals surface area contributed by atoms with E-state index in [1.807, 2.05) is 37.3 Å². The Kier molecular flexibility index (Phi) is 9.14. The maximum Gasteiger partial charge on any atom is 0.244 e. The lowest BCUT2D eigenvalue weighted by Gasteiger charge is -2.34. The predicted molar refractivity (Wildman–Crippen MR) is 146 cm³/mol. The van der Waals surface area contributed by atoms with Gasteiger partial charge in [-0.25, -0.2) is 8.42 Å². The van der Waals surface area contributed by atoms with Gasteiger partial charge >= 0.3 is 0 Å². The molecule has 0 bridgehead atoms. The van der Waals surface area contributed by atoms with Crippen LogP contribution in [0.1, 0.15) is 51.0 Å². The van der Waals surface area contributed by atoms with E-state index in [2.05, 4.69) is 5.32 Å². The van der Waals surface area contributed by atoms with Gasteiger partial charge in [-0.2, -0.15) is 0 Å². The lowest BCUT2D eigenvalue weighted by Crippen LogP contribution is -2.53. The van der Waals surface area contributed by atoms with Crippen LogP contribution in [0, 0.1) is 0 Å². The fourth-order valence-electron chi connectivity index (χ4n) is 5.04. The monoisotopic (exact) mass is 543 g/mol. The number of hydrogen-bond acceptors (Lipinski definition) is 6. The standard InChI is InChI=1S/C28H37N3O6S/c1-3-24(28(33)29-22-12-8-5-9-13-22)30(19-21-10-6-4-7-11-21)27(32)20-31(38(2,34)35)23-14-15-25-26(18-23)37-17-16-36-25/h4,6-7,10-11,14-15,18,22,24H,3,5,8-9,12-13,16-17,19-20H2,1-2H3,(H,29,33)/t24-/m0/s1. The molecule has 1 N–H and O–H groups in total. The van der Waals surface area contributed by atoms with Crippen molar-refractivity contribution >= 4 is 27.5 Å². The molecule has 2 aromatic carbocycles. The molecule has 9 nitrogen and oxygen atoms in total. The van der Waals surface area contributed by atoms with Gasteiger partial charge in [0, 0.05) is 18.7 Å². The number of fused-ring (bicyclic) bond motifs is 1. The number of sulfonamides is 1. The van der Waals surface area contributed by atoms with Crippen molar-refractivity contribution in [3.8, 4) is 11.5 Å². The topological polar surface area (TPSA) is 105 Å². The van der Waals surface area contributed by atoms with Gasteiger partial charge in [0.25, 0.3) is 0 Å². The fourth-order valence-corrected chi connectivity index (χ4v) is 5.89. The summed E-state index contributed by atoms with van der Waals surface area (Å²) in [6.07, 6.45) is 6.65. The van der Waals surface area contributed by atoms with Gasteiger partial charge in [-0.1, -0.05) is 56.5 Å². The van der Waals surface area contributed by atoms with Gasteiger partial charge in [0.05, 0.1) is 11.9 Å². The summed E-state index contributed by atoms with van der Waals surface area (Å²) in [6, 6.07) is 13.6. The zero-order valence-corrected chi connectivity index (χ0v) is 22.9. The second-order valence-corrected chi connectivity index (χ2v) is 11.8. The summed E-state index contributed by atoms with van der Waals surface area (Å²) in [5.41, 5.74) is 1.15. The summed E-state index contributed by atoms with van der Waals surface area (Å²) in [4.78, 5) is 28.8. The van der Waals surface area contributed by atoms with Crippen molar-refractivity contribution in [1.29, 1.82) is 0 Å². The second kappa shape index (κ2) is 12.5. The highest BCUT2D eigenvalue weighted by atomic mass is 32.2. The molecule has 1 saturated carbocycles. The van der Waals surface area contributed by atoms with E-state index in [1.54, 1.807) is 18.2 Å². The van der Waals surface area contributed by atoms with Crippen molar-refractivity contribution in [1.82, 2.24) is 10.2 Å². The first-order valence-electron chi connectivity index (χ1n) is 13.3. The summed E-state index contributed by atoms with van der Waals surface area (Å²) in [6.45, 7) is 2.38. The van der Waals surface area contributed by atoms with Crippen LogP contribution in [0.3, 0.4) is 0 Å². The Hall–Kier alpha value is -3.27. The number of anilines is 1. The molecule has 0 aromatic heterocycles. The molecular formula is C28H37N3O6S. The summed E-state index contributed by atoms with van der Waals surface area (Å²) in [5.74, 6) is 0.291. The molecular weight excluding hydrogens is 506 g/mol. The number of carbonyl (C=O) groups excluding carboxylic acids is 2. The Balaban J connectivity index is 1.60. The normalized spacial score (nSPS) is 16.4. The third-order valence-electron chi connectivity index (χ3n) is 7.03. The Bertz CT molecular complexity index is 1210. The summed E-state index contributed by atoms with van der Waals surface area (Å²) < 4.78 is 37.9. The van der Waals surface area contributed by atoms with E-state index >= 15 is 0 Å². The van der Waals surface area contributed by atoms with Gasteiger partial charge in [-0.05, 0) is 37.0 Å². The van der Waals surface area contributed by atoms with Gasteiger partial charge in [-0.3, -0.25) is 13.9 Å². The van der Waals surface area contributed by atoms with E-state index < -0.39 is 28.5 Å². The van der Waals surface area contributed by atoms with Crippen LogP contribution in [-0.2, 0) is 26.2 Å². The summed E-state index contributed by atoms with van der Waals surface area (Å²) >= 11 is 0. The number of benzene rings is 2. The SMILES string of the molecule is CC[C@@H](C(=O)NC1CCCCC1)N(Cc1ccccc1)C(=O)CN(c1ccc2c(c1)OCCO2)S(C)(=O)=O. The highest BCUT2D eigenvalue weighted by Crippen LogP contribution is 2.34. The minimum Gasteiger partial charge on any atom is -0.486 e. The lowest BCUT2D eigenvalue weighted by atomic mass is 9.95. The molecule has 1 fully saturated rings. The number of ether oxygens (including phenoxy) is 2. The Morgan fingerprint density at radius 2 is 1.68 bits per heavy atom. The van der Waals surface area contributed by atoms with E-state index in [-0.39, 0.29) is 18.5 Å². The van der Waals surface area contributed by atoms with Crippen LogP contribution < -0.4 is 19.1 Å². The number of nitrogens with zero attached hydrogens (tertiary/aromatic N) is 2. The number of nitrogens with one attached hydrogen (secondary N) is 1. The number of amides is 2. The average Bonchev–Trinajstić information content (AvgIpc) is 2.91. The average molecular weight is 544 g/mol. The molecule has 4 rings (SSSR count). The van der Waals surface area contributed by atoms with E-state index in [9.17, 15) is 18.0 Å². The molecule has 10 heteroatoms. The summed E-state index contributed by atoms with van der Waals surface area (Å²) in [5, 5.41) is 3.15. The Morgan fingerprint density at radius 3 is 2.34 bits per heavy atom. The zero-order chi connectivity index (χ0) is 27.1. The number of rotatable bonds is 10. The molecule has 206 valence electrons. The smallest absolute Gasteiger partial charge is 0.244 e. The van der Waals surface area contributed by atoms with Crippen molar-refractivity contribution in [3.63, 3.8) is 0 Å². The Labute approximate surface area is 225 Å². The lowest BCUT2D eigenvalue weighted by molar-refractivity contribution is -0.140. The van der Waals surface area contributed by atoms with Gasteiger partial charge in [0.1, 0.15) is 25.8 Å². The predicted octanol–water partition coefficient (Wildman–Crippen LogP) is 3.48. The fraction of sp³-hybridized carbons (Fsp3) is 0.500. The molecule has 0 radical (unpaired) electrons. The van der Waals surface area contributed by atoms with Crippen LogP contribution in [-0.4, -0.2) is 63.2 Å². The molecule has 1 heterocycles. The molecule has 2 aromatic rings. The van der Waals surface area contributed by atoms with Crippen LogP contribution in [0.4, 0.5) is 5.69 Å². The molecule has 2 aliphatic rings. The molecule has 2 amide bonds. The van der Waals surface area contributed by atoms with Gasteiger partial charge in [-0.15, -0.1) is 0 Å². The molecule has 1 aliphatic heterocycles. The van der Waals surface area contributed by atoms with Crippen molar-refractivity contribution in [2.45, 2.75) is 64.1 Å². The van der Waals surface area contributed by atoms with E-state index in [4.69, 9.17) is 9.47 Å². The first-order chi connectivity index (χ1) is 18.3. The third-order valence-corrected chi connectivity index (χ3v) is 8.17. The van der Waals surface area contributed by atoms with Crippen LogP contribution in [0.25, 0.3) is 0 Å². The maximum absolute atomic E-state index is 13.8. The first-order valence-corrected chi connectivity index (χ1v) is 15.1. The maximum atomic E-state index is 13.8. The largest absolute Gasteiger partial charge is 0.486 e. The minimum absolute atomic E-state index is 0.101. The summed E-state index contributed by atoms with van der Waals surface area (Å²) in [7, 11) is -3.83. The van der Waals surface area contributed by atoms with E-state index in [1.165, 1.54) is 11.3 Å². The molecule has 0 saturated heterocycles. The van der Waals surface area contributed by atoms with Crippen LogP contribution >= 0.6 is 0 Å². The van der Waals surface area contributed by atoms with Crippen molar-refractivity contribution in [2.75, 3.05) is 30.3 Å². The van der Waals surface area contributed by atoms with Crippen LogP contribution in [0.2, 0.25) is 0 Å². The molecule has 1 aliphatic carbocycles. The highest BCUT2D eigenvalue weighted by molar-refractivity contribution is 7.92. The minimum atomic E-state index is -3.83. The van der Waals surface area contributed by atoms with Gasteiger partial charge in [0.2, 0.25) is 21.8 Å². The van der Waals surface area contributed by atoms with Crippen molar-refractivity contribution in [3.05, 3.63) is 54.1 Å². The van der Waals surface area contributed by atoms with Gasteiger partial charge in [0.15, 0.2) is 11.5 Å². The Morgan fingerprint density at radius 1 is 1.00 bits per heavy atom. The molecule has 1 atom stereocenters. The highest BCUT2D eigenvalue weighted by Gasteiger charge is 2.33. The van der Waals surface area contributed by atoms with Gasteiger partial charge < -0.3 is 19.7 Å². The second-order valence-electron chi connectivity index (χ2n) is 9.87. The first kappa shape index (κ1) is 27.8. The quantitative estimate of drug-likeness (QED) is 0.492. The number of hydrogen-bond donors (Lipinski definition) is 1. The van der Waals surface area contributed by atoms with Crippen molar-refractivity contribution < 1.29 is 27.5 Å². The molecule has 38 heavy (non-hydrogen) atoms. The molecule has 0 spiro atoms.